The first-order valence-electron chi connectivity index (χ1n) is 7.09. The van der Waals surface area contributed by atoms with Crippen molar-refractivity contribution in [1.29, 1.82) is 0 Å². The molecule has 0 unspecified atom stereocenters. The first kappa shape index (κ1) is 18.4. The van der Waals surface area contributed by atoms with E-state index in [1.54, 1.807) is 0 Å². The summed E-state index contributed by atoms with van der Waals surface area (Å²) in [4.78, 5) is 12.3. The van der Waals surface area contributed by atoms with Crippen LogP contribution in [0, 0.1) is 11.7 Å². The molecule has 0 radical (unpaired) electrons. The number of hydrogen-bond donors (Lipinski definition) is 1. The second-order valence-electron chi connectivity index (χ2n) is 5.75. The Morgan fingerprint density at radius 2 is 1.64 bits per heavy atom. The molecule has 0 aliphatic carbocycles. The van der Waals surface area contributed by atoms with E-state index in [0.29, 0.717) is 0 Å². The monoisotopic (exact) mass is 330 g/mol. The van der Waals surface area contributed by atoms with Crippen molar-refractivity contribution in [3.8, 4) is 0 Å². The molecular weight excluding hydrogens is 307 g/mol. The summed E-state index contributed by atoms with van der Waals surface area (Å²) >= 11 is 0. The van der Waals surface area contributed by atoms with Crippen molar-refractivity contribution < 1.29 is 17.6 Å². The van der Waals surface area contributed by atoms with Gasteiger partial charge in [0.2, 0.25) is 15.9 Å². The molecular formula is C15H23FN2O3S. The maximum atomic E-state index is 13.0. The third-order valence-electron chi connectivity index (χ3n) is 3.54. The van der Waals surface area contributed by atoms with Gasteiger partial charge in [-0.1, -0.05) is 13.8 Å². The quantitative estimate of drug-likeness (QED) is 0.869. The fourth-order valence-corrected chi connectivity index (χ4v) is 3.08. The average molecular weight is 330 g/mol. The molecule has 0 spiro atoms. The van der Waals surface area contributed by atoms with E-state index in [-0.39, 0.29) is 17.6 Å². The predicted molar refractivity (Wildman–Crippen MR) is 85.6 cm³/mol. The molecule has 1 amide bonds. The van der Waals surface area contributed by atoms with Crippen molar-refractivity contribution in [3.05, 3.63) is 30.1 Å². The van der Waals surface area contributed by atoms with Gasteiger partial charge in [-0.25, -0.2) is 12.8 Å². The lowest BCUT2D eigenvalue weighted by atomic mass is 10.1. The lowest BCUT2D eigenvalue weighted by molar-refractivity contribution is -0.122. The Morgan fingerprint density at radius 1 is 1.14 bits per heavy atom. The lowest BCUT2D eigenvalue weighted by Crippen LogP contribution is -2.50. The van der Waals surface area contributed by atoms with E-state index in [1.165, 1.54) is 19.1 Å². The zero-order valence-corrected chi connectivity index (χ0v) is 14.3. The third kappa shape index (κ3) is 4.69. The first-order chi connectivity index (χ1) is 10.0. The Hall–Kier alpha value is -1.63. The number of rotatable bonds is 6. The summed E-state index contributed by atoms with van der Waals surface area (Å²) in [6.07, 6.45) is 1.02. The van der Waals surface area contributed by atoms with Crippen LogP contribution in [0.4, 0.5) is 10.1 Å². The highest BCUT2D eigenvalue weighted by Gasteiger charge is 2.29. The molecule has 0 aliphatic heterocycles. The number of nitrogens with one attached hydrogen (secondary N) is 1. The van der Waals surface area contributed by atoms with Crippen molar-refractivity contribution in [1.82, 2.24) is 5.32 Å². The van der Waals surface area contributed by atoms with Crippen molar-refractivity contribution in [2.45, 2.75) is 39.8 Å². The van der Waals surface area contributed by atoms with Gasteiger partial charge >= 0.3 is 0 Å². The highest BCUT2D eigenvalue weighted by molar-refractivity contribution is 7.92. The molecule has 0 aromatic heterocycles. The van der Waals surface area contributed by atoms with E-state index in [2.05, 4.69) is 5.32 Å². The number of sulfonamides is 1. The van der Waals surface area contributed by atoms with Gasteiger partial charge in [-0.2, -0.15) is 0 Å². The minimum atomic E-state index is -3.68. The Kier molecular flexibility index (Phi) is 5.93. The van der Waals surface area contributed by atoms with Crippen LogP contribution in [0.2, 0.25) is 0 Å². The van der Waals surface area contributed by atoms with Crippen LogP contribution in [0.1, 0.15) is 27.7 Å². The van der Waals surface area contributed by atoms with Gasteiger partial charge in [0.1, 0.15) is 11.9 Å². The molecule has 124 valence electrons. The number of amides is 1. The highest BCUT2D eigenvalue weighted by atomic mass is 32.2. The van der Waals surface area contributed by atoms with E-state index in [9.17, 15) is 17.6 Å². The largest absolute Gasteiger partial charge is 0.352 e. The summed E-state index contributed by atoms with van der Waals surface area (Å²) in [6.45, 7) is 7.29. The van der Waals surface area contributed by atoms with Crippen LogP contribution in [-0.2, 0) is 14.8 Å². The minimum Gasteiger partial charge on any atom is -0.352 e. The molecule has 5 nitrogen and oxygen atoms in total. The number of nitrogens with zero attached hydrogens (tertiary/aromatic N) is 1. The number of benzene rings is 1. The average Bonchev–Trinajstić information content (AvgIpc) is 2.39. The van der Waals surface area contributed by atoms with Gasteiger partial charge in [0.25, 0.3) is 0 Å². The van der Waals surface area contributed by atoms with Crippen molar-refractivity contribution >= 4 is 21.6 Å². The van der Waals surface area contributed by atoms with Crippen LogP contribution in [0.25, 0.3) is 0 Å². The van der Waals surface area contributed by atoms with E-state index in [1.807, 2.05) is 20.8 Å². The van der Waals surface area contributed by atoms with Crippen LogP contribution in [0.15, 0.2) is 24.3 Å². The molecule has 0 heterocycles. The predicted octanol–water partition coefficient (Wildman–Crippen LogP) is 2.14. The van der Waals surface area contributed by atoms with Crippen LogP contribution in [0.3, 0.4) is 0 Å². The minimum absolute atomic E-state index is 0.0791. The normalized spacial score (nSPS) is 14.5. The molecule has 1 rings (SSSR count). The second-order valence-corrected chi connectivity index (χ2v) is 7.61. The van der Waals surface area contributed by atoms with Gasteiger partial charge in [0.05, 0.1) is 11.9 Å². The molecule has 0 bridgehead atoms. The molecule has 7 heteroatoms. The van der Waals surface area contributed by atoms with Gasteiger partial charge < -0.3 is 5.32 Å². The van der Waals surface area contributed by atoms with Crippen LogP contribution < -0.4 is 9.62 Å². The van der Waals surface area contributed by atoms with Gasteiger partial charge in [-0.05, 0) is 44.0 Å². The molecule has 1 aromatic carbocycles. The Balaban J connectivity index is 3.08. The Labute approximate surface area is 131 Å². The summed E-state index contributed by atoms with van der Waals surface area (Å²) in [5.74, 6) is -0.632. The lowest BCUT2D eigenvalue weighted by Gasteiger charge is -2.29. The zero-order chi connectivity index (χ0) is 17.1. The Morgan fingerprint density at radius 3 is 2.05 bits per heavy atom. The topological polar surface area (TPSA) is 66.5 Å². The van der Waals surface area contributed by atoms with Gasteiger partial charge in [-0.3, -0.25) is 9.10 Å². The number of carbonyl (C=O) groups excluding carboxylic acids is 1. The summed E-state index contributed by atoms with van der Waals surface area (Å²) < 4.78 is 38.1. The molecule has 0 aliphatic rings. The van der Waals surface area contributed by atoms with E-state index in [0.717, 1.165) is 22.7 Å². The van der Waals surface area contributed by atoms with Crippen molar-refractivity contribution in [3.63, 3.8) is 0 Å². The van der Waals surface area contributed by atoms with E-state index >= 15 is 0 Å². The van der Waals surface area contributed by atoms with Gasteiger partial charge in [-0.15, -0.1) is 0 Å². The van der Waals surface area contributed by atoms with Gasteiger partial charge in [0, 0.05) is 6.04 Å². The highest BCUT2D eigenvalue weighted by Crippen LogP contribution is 2.21. The van der Waals surface area contributed by atoms with Crippen LogP contribution in [0.5, 0.6) is 0 Å². The van der Waals surface area contributed by atoms with E-state index < -0.39 is 27.8 Å². The summed E-state index contributed by atoms with van der Waals surface area (Å²) in [6, 6.07) is 3.99. The maximum absolute atomic E-state index is 13.0. The molecule has 2 atom stereocenters. The van der Waals surface area contributed by atoms with Crippen LogP contribution >= 0.6 is 0 Å². The van der Waals surface area contributed by atoms with Gasteiger partial charge in [0.15, 0.2) is 0 Å². The maximum Gasteiger partial charge on any atom is 0.243 e. The van der Waals surface area contributed by atoms with Crippen molar-refractivity contribution in [2.75, 3.05) is 10.6 Å². The number of hydrogen-bond acceptors (Lipinski definition) is 3. The molecule has 1 aromatic rings. The molecule has 22 heavy (non-hydrogen) atoms. The number of halogens is 1. The van der Waals surface area contributed by atoms with Crippen LogP contribution in [-0.4, -0.2) is 32.7 Å². The smallest absolute Gasteiger partial charge is 0.243 e. The fraction of sp³-hybridized carbons (Fsp3) is 0.533. The molecule has 0 fully saturated rings. The third-order valence-corrected chi connectivity index (χ3v) is 4.78. The Bertz CT molecular complexity index is 614. The first-order valence-corrected chi connectivity index (χ1v) is 8.94. The molecule has 1 N–H and O–H groups in total. The number of anilines is 1. The second kappa shape index (κ2) is 7.09. The fourth-order valence-electron chi connectivity index (χ4n) is 1.91. The SMILES string of the molecule is CC(C)[C@H](C)NC(=O)[C@H](C)N(c1ccc(F)cc1)S(C)(=O)=O. The number of carbonyl (C=O) groups is 1. The molecule has 0 saturated heterocycles. The van der Waals surface area contributed by atoms with Crippen molar-refractivity contribution in [2.24, 2.45) is 5.92 Å². The summed E-state index contributed by atoms with van der Waals surface area (Å²) in [5.41, 5.74) is 0.253. The zero-order valence-electron chi connectivity index (χ0n) is 13.5. The standard InChI is InChI=1S/C15H23FN2O3S/c1-10(2)11(3)17-15(19)12(4)18(22(5,20)21)14-8-6-13(16)7-9-14/h6-12H,1-5H3,(H,17,19)/t11-,12-/m0/s1. The van der Waals surface area contributed by atoms with E-state index in [4.69, 9.17) is 0 Å². The molecule has 0 saturated carbocycles. The summed E-state index contributed by atoms with van der Waals surface area (Å²) in [7, 11) is -3.68. The summed E-state index contributed by atoms with van der Waals surface area (Å²) in [5, 5.41) is 2.79.